The van der Waals surface area contributed by atoms with E-state index >= 15 is 0 Å². The number of rotatable bonds is 7. The molecule has 0 fully saturated rings. The molecule has 0 amide bonds. The van der Waals surface area contributed by atoms with Gasteiger partial charge in [-0.15, -0.1) is 0 Å². The molecule has 0 unspecified atom stereocenters. The lowest BCUT2D eigenvalue weighted by Crippen LogP contribution is -1.97. The largest absolute Gasteiger partial charge is 0.413 e. The van der Waals surface area contributed by atoms with Crippen LogP contribution >= 0.6 is 11.2 Å². The molecule has 0 aliphatic rings. The zero-order chi connectivity index (χ0) is 7.66. The molecule has 10 heavy (non-hydrogen) atoms. The van der Waals surface area contributed by atoms with Crippen LogP contribution in [0.15, 0.2) is 0 Å². The van der Waals surface area contributed by atoms with Crippen molar-refractivity contribution in [3.05, 3.63) is 0 Å². The van der Waals surface area contributed by atoms with Crippen molar-refractivity contribution in [3.8, 4) is 0 Å². The summed E-state index contributed by atoms with van der Waals surface area (Å²) in [5.74, 6) is 1.29. The first kappa shape index (κ1) is 10.5. The van der Waals surface area contributed by atoms with E-state index in [1.165, 1.54) is 25.0 Å². The molecule has 0 spiro atoms. The molecule has 0 N–H and O–H groups in total. The van der Waals surface area contributed by atoms with Gasteiger partial charge in [0.05, 0.1) is 0 Å². The lowest BCUT2D eigenvalue weighted by molar-refractivity contribution is 0.336. The fraction of sp³-hybridized carbons (Fsp3) is 1.00. The fourth-order valence-electron chi connectivity index (χ4n) is 0.568. The Morgan fingerprint density at radius 2 is 2.10 bits per heavy atom. The maximum absolute atomic E-state index is 5.48. The molecule has 0 bridgehead atoms. The van der Waals surface area contributed by atoms with E-state index in [0.29, 0.717) is 0 Å². The van der Waals surface area contributed by atoms with Crippen LogP contribution in [-0.4, -0.2) is 21.3 Å². The van der Waals surface area contributed by atoms with Crippen LogP contribution in [0.4, 0.5) is 0 Å². The van der Waals surface area contributed by atoms with Crippen LogP contribution in [0.5, 0.6) is 0 Å². The van der Waals surface area contributed by atoms with Crippen molar-refractivity contribution in [1.82, 2.24) is 0 Å². The minimum Gasteiger partial charge on any atom is -0.413 e. The van der Waals surface area contributed by atoms with Gasteiger partial charge in [0, 0.05) is 6.61 Å². The van der Waals surface area contributed by atoms with E-state index < -0.39 is 0 Å². The van der Waals surface area contributed by atoms with E-state index in [4.69, 9.17) is 4.43 Å². The Hall–Kier alpha value is 0.527. The molecule has 3 heteroatoms. The van der Waals surface area contributed by atoms with E-state index in [1.807, 2.05) is 11.2 Å². The summed E-state index contributed by atoms with van der Waals surface area (Å²) < 4.78 is 5.48. The van der Waals surface area contributed by atoms with Crippen molar-refractivity contribution >= 4 is 20.1 Å². The number of hydrogen-bond acceptors (Lipinski definition) is 2. The van der Waals surface area contributed by atoms with Crippen LogP contribution < -0.4 is 0 Å². The molecule has 0 aliphatic carbocycles. The van der Waals surface area contributed by atoms with Crippen molar-refractivity contribution in [2.75, 3.05) is 12.4 Å². The van der Waals surface area contributed by atoms with Crippen LogP contribution in [0.2, 0.25) is 0 Å². The zero-order valence-corrected chi connectivity index (χ0v) is 9.29. The first-order valence-electron chi connectivity index (χ1n) is 4.07. The molecule has 0 aromatic rings. The van der Waals surface area contributed by atoms with Crippen LogP contribution in [0.25, 0.3) is 0 Å². The van der Waals surface area contributed by atoms with E-state index in [0.717, 1.165) is 6.61 Å². The van der Waals surface area contributed by atoms with Gasteiger partial charge in [-0.05, 0) is 18.6 Å². The summed E-state index contributed by atoms with van der Waals surface area (Å²) in [6, 6.07) is 0. The van der Waals surface area contributed by atoms with E-state index in [9.17, 15) is 0 Å². The number of unbranched alkanes of at least 4 members (excludes halogenated alkanes) is 1. The average molecular weight is 178 g/mol. The molecule has 0 rings (SSSR count). The second-order valence-electron chi connectivity index (χ2n) is 2.29. The van der Waals surface area contributed by atoms with Gasteiger partial charge < -0.3 is 4.43 Å². The first-order valence-corrected chi connectivity index (χ1v) is 7.53. The van der Waals surface area contributed by atoms with Gasteiger partial charge in [-0.3, -0.25) is 0 Å². The minimum absolute atomic E-state index is 0.203. The third-order valence-corrected chi connectivity index (χ3v) is 4.34. The normalized spacial score (nSPS) is 11.4. The Kier molecular flexibility index (Phi) is 10.0. The SMILES string of the molecule is CCCCO[SiH2]SCCC. The lowest BCUT2D eigenvalue weighted by atomic mass is 10.4. The second-order valence-corrected chi connectivity index (χ2v) is 5.68. The monoisotopic (exact) mass is 178 g/mol. The van der Waals surface area contributed by atoms with E-state index in [2.05, 4.69) is 13.8 Å². The molecular formula is C7H18OSSi. The van der Waals surface area contributed by atoms with Gasteiger partial charge in [-0.2, -0.15) is 11.2 Å². The highest BCUT2D eigenvalue weighted by molar-refractivity contribution is 8.21. The predicted molar refractivity (Wildman–Crippen MR) is 52.2 cm³/mol. The molecule has 0 heterocycles. The number of hydrogen-bond donors (Lipinski definition) is 0. The molecule has 0 aliphatic heterocycles. The molecule has 0 radical (unpaired) electrons. The van der Waals surface area contributed by atoms with Crippen LogP contribution in [0.1, 0.15) is 33.1 Å². The Bertz CT molecular complexity index is 53.6. The molecule has 0 aromatic heterocycles. The summed E-state index contributed by atoms with van der Waals surface area (Å²) in [5, 5.41) is 0. The van der Waals surface area contributed by atoms with Gasteiger partial charge >= 0.3 is 0 Å². The summed E-state index contributed by atoms with van der Waals surface area (Å²) in [6.07, 6.45) is 3.78. The molecule has 62 valence electrons. The molecule has 0 saturated heterocycles. The maximum Gasteiger partial charge on any atom is 0.222 e. The summed E-state index contributed by atoms with van der Waals surface area (Å²) in [5.41, 5.74) is 0. The van der Waals surface area contributed by atoms with E-state index in [-0.39, 0.29) is 8.91 Å². The lowest BCUT2D eigenvalue weighted by Gasteiger charge is -2.00. The van der Waals surface area contributed by atoms with Crippen molar-refractivity contribution in [1.29, 1.82) is 0 Å². The first-order chi connectivity index (χ1) is 4.91. The van der Waals surface area contributed by atoms with Crippen molar-refractivity contribution in [2.24, 2.45) is 0 Å². The predicted octanol–water partition coefficient (Wildman–Crippen LogP) is 1.95. The second kappa shape index (κ2) is 9.53. The average Bonchev–Trinajstić information content (AvgIpc) is 1.97. The summed E-state index contributed by atoms with van der Waals surface area (Å²) in [7, 11) is -0.203. The summed E-state index contributed by atoms with van der Waals surface area (Å²) in [6.45, 7) is 5.41. The van der Waals surface area contributed by atoms with Gasteiger partial charge in [0.25, 0.3) is 0 Å². The smallest absolute Gasteiger partial charge is 0.222 e. The zero-order valence-electron chi connectivity index (χ0n) is 7.06. The van der Waals surface area contributed by atoms with Crippen molar-refractivity contribution in [3.63, 3.8) is 0 Å². The third kappa shape index (κ3) is 8.53. The highest BCUT2D eigenvalue weighted by Gasteiger charge is 1.87. The van der Waals surface area contributed by atoms with Crippen LogP contribution in [0.3, 0.4) is 0 Å². The Morgan fingerprint density at radius 1 is 1.30 bits per heavy atom. The Morgan fingerprint density at radius 3 is 2.70 bits per heavy atom. The fourth-order valence-corrected chi connectivity index (χ4v) is 3.34. The molecule has 0 atom stereocenters. The molecule has 1 nitrogen and oxygen atoms in total. The van der Waals surface area contributed by atoms with Gasteiger partial charge in [0.2, 0.25) is 8.91 Å². The van der Waals surface area contributed by atoms with E-state index in [1.54, 1.807) is 0 Å². The molecule has 0 aromatic carbocycles. The van der Waals surface area contributed by atoms with Crippen LogP contribution in [-0.2, 0) is 4.43 Å². The molecular weight excluding hydrogens is 160 g/mol. The third-order valence-electron chi connectivity index (χ3n) is 1.16. The van der Waals surface area contributed by atoms with Gasteiger partial charge in [0.1, 0.15) is 0 Å². The highest BCUT2D eigenvalue weighted by atomic mass is 32.4. The Labute approximate surface area is 70.5 Å². The highest BCUT2D eigenvalue weighted by Crippen LogP contribution is 1.99. The topological polar surface area (TPSA) is 9.23 Å². The Balaban J connectivity index is 2.65. The summed E-state index contributed by atoms with van der Waals surface area (Å²) in [4.78, 5) is 0. The van der Waals surface area contributed by atoms with Gasteiger partial charge in [0.15, 0.2) is 0 Å². The molecule has 0 saturated carbocycles. The van der Waals surface area contributed by atoms with Gasteiger partial charge in [-0.1, -0.05) is 20.3 Å². The summed E-state index contributed by atoms with van der Waals surface area (Å²) >= 11 is 2.02. The van der Waals surface area contributed by atoms with Crippen LogP contribution in [0, 0.1) is 0 Å². The quantitative estimate of drug-likeness (QED) is 0.435. The van der Waals surface area contributed by atoms with Gasteiger partial charge in [-0.25, -0.2) is 0 Å². The maximum atomic E-state index is 5.48. The van der Waals surface area contributed by atoms with Crippen molar-refractivity contribution in [2.45, 2.75) is 33.1 Å². The minimum atomic E-state index is -0.203. The standard InChI is InChI=1S/C7H18OSSi/c1-3-5-6-8-10-9-7-4-2/h3-7,10H2,1-2H3. The van der Waals surface area contributed by atoms with Crippen molar-refractivity contribution < 1.29 is 4.43 Å².